The van der Waals surface area contributed by atoms with E-state index in [1.165, 1.54) is 12.1 Å². The lowest BCUT2D eigenvalue weighted by molar-refractivity contribution is 0.585. The van der Waals surface area contributed by atoms with Crippen LogP contribution in [-0.4, -0.2) is 10.2 Å². The summed E-state index contributed by atoms with van der Waals surface area (Å²) in [5.74, 6) is -1.15. The van der Waals surface area contributed by atoms with Gasteiger partial charge in [0.1, 0.15) is 11.6 Å². The van der Waals surface area contributed by atoms with Gasteiger partial charge in [0.2, 0.25) is 0 Å². The van der Waals surface area contributed by atoms with E-state index < -0.39 is 11.6 Å². The second kappa shape index (κ2) is 3.81. The SMILES string of the molecule is CCc1cn[nH]c1-c1ccc(F)cc1F. The predicted octanol–water partition coefficient (Wildman–Crippen LogP) is 2.92. The van der Waals surface area contributed by atoms with E-state index in [1.807, 2.05) is 6.92 Å². The number of aromatic amines is 1. The summed E-state index contributed by atoms with van der Waals surface area (Å²) in [4.78, 5) is 0. The summed E-state index contributed by atoms with van der Waals surface area (Å²) >= 11 is 0. The number of nitrogens with one attached hydrogen (secondary N) is 1. The van der Waals surface area contributed by atoms with Crippen molar-refractivity contribution in [3.8, 4) is 11.3 Å². The highest BCUT2D eigenvalue weighted by atomic mass is 19.1. The third kappa shape index (κ3) is 1.75. The molecule has 1 N–H and O–H groups in total. The Bertz CT molecular complexity index is 477. The van der Waals surface area contributed by atoms with Crippen LogP contribution in [0.2, 0.25) is 0 Å². The smallest absolute Gasteiger partial charge is 0.135 e. The van der Waals surface area contributed by atoms with Gasteiger partial charge in [-0.25, -0.2) is 8.78 Å². The van der Waals surface area contributed by atoms with Gasteiger partial charge in [-0.15, -0.1) is 0 Å². The topological polar surface area (TPSA) is 28.7 Å². The lowest BCUT2D eigenvalue weighted by Gasteiger charge is -2.02. The molecule has 0 fully saturated rings. The molecule has 15 heavy (non-hydrogen) atoms. The standard InChI is InChI=1S/C11H10F2N2/c1-2-7-6-14-15-11(7)9-4-3-8(12)5-10(9)13/h3-6H,2H2,1H3,(H,14,15). The van der Waals surface area contributed by atoms with Crippen molar-refractivity contribution < 1.29 is 8.78 Å². The van der Waals surface area contributed by atoms with Gasteiger partial charge in [0.05, 0.1) is 11.9 Å². The molecule has 0 radical (unpaired) electrons. The number of nitrogens with zero attached hydrogens (tertiary/aromatic N) is 1. The second-order valence-electron chi connectivity index (χ2n) is 3.25. The van der Waals surface area contributed by atoms with E-state index >= 15 is 0 Å². The number of halogens is 2. The van der Waals surface area contributed by atoms with Gasteiger partial charge in [0, 0.05) is 11.6 Å². The van der Waals surface area contributed by atoms with Crippen LogP contribution >= 0.6 is 0 Å². The summed E-state index contributed by atoms with van der Waals surface area (Å²) < 4.78 is 26.1. The van der Waals surface area contributed by atoms with Crippen molar-refractivity contribution in [3.63, 3.8) is 0 Å². The van der Waals surface area contributed by atoms with Crippen molar-refractivity contribution in [1.82, 2.24) is 10.2 Å². The Balaban J connectivity index is 2.54. The van der Waals surface area contributed by atoms with Crippen LogP contribution in [0.15, 0.2) is 24.4 Å². The number of aryl methyl sites for hydroxylation is 1. The summed E-state index contributed by atoms with van der Waals surface area (Å²) in [6, 6.07) is 3.52. The van der Waals surface area contributed by atoms with Crippen LogP contribution in [0.3, 0.4) is 0 Å². The van der Waals surface area contributed by atoms with Crippen molar-refractivity contribution in [3.05, 3.63) is 41.6 Å². The molecule has 2 nitrogen and oxygen atoms in total. The molecule has 4 heteroatoms. The van der Waals surface area contributed by atoms with Crippen LogP contribution < -0.4 is 0 Å². The van der Waals surface area contributed by atoms with Gasteiger partial charge in [-0.3, -0.25) is 5.10 Å². The van der Waals surface area contributed by atoms with Crippen molar-refractivity contribution in [1.29, 1.82) is 0 Å². The molecule has 1 aromatic heterocycles. The fourth-order valence-corrected chi connectivity index (χ4v) is 1.50. The molecule has 0 unspecified atom stereocenters. The number of hydrogen-bond donors (Lipinski definition) is 1. The van der Waals surface area contributed by atoms with Crippen LogP contribution in [0, 0.1) is 11.6 Å². The lowest BCUT2D eigenvalue weighted by atomic mass is 10.1. The lowest BCUT2D eigenvalue weighted by Crippen LogP contribution is -1.90. The number of benzene rings is 1. The summed E-state index contributed by atoms with van der Waals surface area (Å²) in [6.07, 6.45) is 2.40. The van der Waals surface area contributed by atoms with Crippen LogP contribution in [0.1, 0.15) is 12.5 Å². The minimum absolute atomic E-state index is 0.353. The Morgan fingerprint density at radius 1 is 1.33 bits per heavy atom. The quantitative estimate of drug-likeness (QED) is 0.807. The Labute approximate surface area is 85.9 Å². The van der Waals surface area contributed by atoms with E-state index in [1.54, 1.807) is 6.20 Å². The fraction of sp³-hybridized carbons (Fsp3) is 0.182. The molecular weight excluding hydrogens is 198 g/mol. The van der Waals surface area contributed by atoms with Crippen LogP contribution in [0.4, 0.5) is 8.78 Å². The minimum atomic E-state index is -0.575. The van der Waals surface area contributed by atoms with Crippen LogP contribution in [-0.2, 0) is 6.42 Å². The molecule has 78 valence electrons. The van der Waals surface area contributed by atoms with E-state index in [-0.39, 0.29) is 0 Å². The summed E-state index contributed by atoms with van der Waals surface area (Å²) in [5.41, 5.74) is 1.89. The summed E-state index contributed by atoms with van der Waals surface area (Å²) in [5, 5.41) is 6.57. The number of H-pyrrole nitrogens is 1. The maximum Gasteiger partial charge on any atom is 0.135 e. The molecular formula is C11H10F2N2. The van der Waals surface area contributed by atoms with E-state index in [0.717, 1.165) is 18.1 Å². The molecule has 0 aliphatic carbocycles. The Morgan fingerprint density at radius 3 is 2.80 bits per heavy atom. The van der Waals surface area contributed by atoms with Gasteiger partial charge in [0.15, 0.2) is 0 Å². The molecule has 1 heterocycles. The fourth-order valence-electron chi connectivity index (χ4n) is 1.50. The average Bonchev–Trinajstić information content (AvgIpc) is 2.65. The molecule has 0 atom stereocenters. The van der Waals surface area contributed by atoms with E-state index in [0.29, 0.717) is 11.3 Å². The summed E-state index contributed by atoms with van der Waals surface area (Å²) in [6.45, 7) is 1.95. The zero-order chi connectivity index (χ0) is 10.8. The zero-order valence-corrected chi connectivity index (χ0v) is 8.22. The maximum absolute atomic E-state index is 13.4. The molecule has 0 saturated heterocycles. The number of aromatic nitrogens is 2. The maximum atomic E-state index is 13.4. The van der Waals surface area contributed by atoms with Gasteiger partial charge in [0.25, 0.3) is 0 Å². The first-order chi connectivity index (χ1) is 7.22. The molecule has 0 bridgehead atoms. The van der Waals surface area contributed by atoms with Gasteiger partial charge >= 0.3 is 0 Å². The first-order valence-electron chi connectivity index (χ1n) is 4.70. The van der Waals surface area contributed by atoms with Gasteiger partial charge in [-0.2, -0.15) is 5.10 Å². The Kier molecular flexibility index (Phi) is 2.49. The third-order valence-corrected chi connectivity index (χ3v) is 2.30. The Morgan fingerprint density at radius 2 is 2.13 bits per heavy atom. The average molecular weight is 208 g/mol. The number of rotatable bonds is 2. The summed E-state index contributed by atoms with van der Waals surface area (Å²) in [7, 11) is 0. The first kappa shape index (κ1) is 9.83. The molecule has 0 aliphatic rings. The van der Waals surface area contributed by atoms with Gasteiger partial charge in [-0.1, -0.05) is 6.92 Å². The van der Waals surface area contributed by atoms with E-state index in [4.69, 9.17) is 0 Å². The highest BCUT2D eigenvalue weighted by Crippen LogP contribution is 2.24. The highest BCUT2D eigenvalue weighted by molar-refractivity contribution is 5.63. The molecule has 2 rings (SSSR count). The van der Waals surface area contributed by atoms with Crippen molar-refractivity contribution in [2.45, 2.75) is 13.3 Å². The van der Waals surface area contributed by atoms with Crippen molar-refractivity contribution in [2.24, 2.45) is 0 Å². The van der Waals surface area contributed by atoms with Crippen molar-refractivity contribution >= 4 is 0 Å². The Hall–Kier alpha value is -1.71. The third-order valence-electron chi connectivity index (χ3n) is 2.30. The predicted molar refractivity (Wildman–Crippen MR) is 53.3 cm³/mol. The normalized spacial score (nSPS) is 10.6. The molecule has 0 aliphatic heterocycles. The molecule has 2 aromatic rings. The molecule has 0 spiro atoms. The first-order valence-corrected chi connectivity index (χ1v) is 4.70. The number of hydrogen-bond acceptors (Lipinski definition) is 1. The van der Waals surface area contributed by atoms with Gasteiger partial charge in [-0.05, 0) is 24.1 Å². The largest absolute Gasteiger partial charge is 0.277 e. The van der Waals surface area contributed by atoms with Crippen LogP contribution in [0.25, 0.3) is 11.3 Å². The van der Waals surface area contributed by atoms with E-state index in [9.17, 15) is 8.78 Å². The molecule has 0 saturated carbocycles. The monoisotopic (exact) mass is 208 g/mol. The van der Waals surface area contributed by atoms with Crippen molar-refractivity contribution in [2.75, 3.05) is 0 Å². The zero-order valence-electron chi connectivity index (χ0n) is 8.22. The van der Waals surface area contributed by atoms with Crippen LogP contribution in [0.5, 0.6) is 0 Å². The minimum Gasteiger partial charge on any atom is -0.277 e. The molecule has 1 aromatic carbocycles. The molecule has 0 amide bonds. The van der Waals surface area contributed by atoms with E-state index in [2.05, 4.69) is 10.2 Å². The second-order valence-corrected chi connectivity index (χ2v) is 3.25. The highest BCUT2D eigenvalue weighted by Gasteiger charge is 2.11. The van der Waals surface area contributed by atoms with Gasteiger partial charge < -0.3 is 0 Å².